The van der Waals surface area contributed by atoms with Gasteiger partial charge in [0.05, 0.1) is 18.5 Å². The quantitative estimate of drug-likeness (QED) is 0.836. The first-order valence-electron chi connectivity index (χ1n) is 6.46. The van der Waals surface area contributed by atoms with Crippen molar-refractivity contribution in [3.63, 3.8) is 0 Å². The van der Waals surface area contributed by atoms with E-state index in [9.17, 15) is 0 Å². The molecule has 0 unspecified atom stereocenters. The van der Waals surface area contributed by atoms with Gasteiger partial charge >= 0.3 is 0 Å². The molecule has 0 atom stereocenters. The van der Waals surface area contributed by atoms with Crippen LogP contribution in [0.3, 0.4) is 0 Å². The zero-order chi connectivity index (χ0) is 13.7. The number of hydrogen-bond acceptors (Lipinski definition) is 4. The van der Waals surface area contributed by atoms with Crippen molar-refractivity contribution < 1.29 is 4.74 Å². The Morgan fingerprint density at radius 2 is 2.16 bits per heavy atom. The first-order valence-corrected chi connectivity index (χ1v) is 6.46. The van der Waals surface area contributed by atoms with Crippen molar-refractivity contribution in [2.45, 2.75) is 20.4 Å². The average Bonchev–Trinajstić information content (AvgIpc) is 2.86. The number of nitrogens with zero attached hydrogens (tertiary/aromatic N) is 2. The second-order valence-corrected chi connectivity index (χ2v) is 4.89. The van der Waals surface area contributed by atoms with Crippen molar-refractivity contribution in [3.8, 4) is 17.1 Å². The molecule has 0 fully saturated rings. The van der Waals surface area contributed by atoms with Crippen molar-refractivity contribution in [3.05, 3.63) is 30.1 Å². The largest absolute Gasteiger partial charge is 0.477 e. The first kappa shape index (κ1) is 13.5. The lowest BCUT2D eigenvalue weighted by Gasteiger charge is -2.08. The number of rotatable bonds is 6. The van der Waals surface area contributed by atoms with E-state index in [0.29, 0.717) is 18.4 Å². The molecule has 0 bridgehead atoms. The Morgan fingerprint density at radius 3 is 2.79 bits per heavy atom. The molecule has 5 nitrogen and oxygen atoms in total. The van der Waals surface area contributed by atoms with Crippen LogP contribution in [-0.2, 0) is 6.54 Å². The predicted molar refractivity (Wildman–Crippen MR) is 74.9 cm³/mol. The van der Waals surface area contributed by atoms with Crippen LogP contribution >= 0.6 is 0 Å². The molecule has 0 saturated carbocycles. The zero-order valence-electron chi connectivity index (χ0n) is 11.6. The highest BCUT2D eigenvalue weighted by Gasteiger charge is 2.07. The molecular formula is C14H20N4O. The molecule has 2 heterocycles. The van der Waals surface area contributed by atoms with E-state index in [1.807, 2.05) is 31.6 Å². The van der Waals surface area contributed by atoms with Crippen molar-refractivity contribution >= 4 is 0 Å². The topological polar surface area (TPSA) is 62.8 Å². The van der Waals surface area contributed by atoms with Crippen LogP contribution in [0.25, 0.3) is 11.3 Å². The molecule has 0 radical (unpaired) electrons. The molecule has 0 aliphatic carbocycles. The number of nitrogens with one attached hydrogen (secondary N) is 2. The molecule has 2 rings (SSSR count). The molecule has 0 saturated heterocycles. The molecule has 2 aromatic heterocycles. The molecule has 102 valence electrons. The van der Waals surface area contributed by atoms with E-state index in [2.05, 4.69) is 34.3 Å². The van der Waals surface area contributed by atoms with Crippen LogP contribution in [0, 0.1) is 5.92 Å². The molecule has 5 heteroatoms. The summed E-state index contributed by atoms with van der Waals surface area (Å²) < 4.78 is 5.57. The Labute approximate surface area is 113 Å². The molecule has 0 amide bonds. The van der Waals surface area contributed by atoms with Gasteiger partial charge in [0.15, 0.2) is 0 Å². The molecular weight excluding hydrogens is 240 g/mol. The predicted octanol–water partition coefficient (Wildman–Crippen LogP) is 2.23. The maximum absolute atomic E-state index is 5.57. The highest BCUT2D eigenvalue weighted by atomic mass is 16.5. The van der Waals surface area contributed by atoms with Crippen LogP contribution in [0.2, 0.25) is 0 Å². The Balaban J connectivity index is 2.11. The Hall–Kier alpha value is -1.88. The summed E-state index contributed by atoms with van der Waals surface area (Å²) in [5.74, 6) is 1.16. The second kappa shape index (κ2) is 6.33. The van der Waals surface area contributed by atoms with Gasteiger partial charge in [0.25, 0.3) is 0 Å². The van der Waals surface area contributed by atoms with Gasteiger partial charge in [-0.05, 0) is 19.0 Å². The van der Waals surface area contributed by atoms with Crippen molar-refractivity contribution in [2.24, 2.45) is 5.92 Å². The number of pyridine rings is 1. The Morgan fingerprint density at radius 1 is 1.32 bits per heavy atom. The van der Waals surface area contributed by atoms with E-state index in [0.717, 1.165) is 23.4 Å². The fraction of sp³-hybridized carbons (Fsp3) is 0.429. The van der Waals surface area contributed by atoms with E-state index in [4.69, 9.17) is 4.74 Å². The number of ether oxygens (including phenoxy) is 1. The molecule has 2 aromatic rings. The van der Waals surface area contributed by atoms with E-state index < -0.39 is 0 Å². The molecule has 19 heavy (non-hydrogen) atoms. The van der Waals surface area contributed by atoms with E-state index in [1.54, 1.807) is 0 Å². The normalized spacial score (nSPS) is 10.9. The van der Waals surface area contributed by atoms with Gasteiger partial charge in [-0.2, -0.15) is 5.10 Å². The molecule has 0 aliphatic heterocycles. The van der Waals surface area contributed by atoms with Gasteiger partial charge in [0.2, 0.25) is 5.88 Å². The Bertz CT molecular complexity index is 504. The van der Waals surface area contributed by atoms with Gasteiger partial charge in [-0.25, -0.2) is 4.98 Å². The van der Waals surface area contributed by atoms with Crippen molar-refractivity contribution in [2.75, 3.05) is 13.7 Å². The molecule has 0 spiro atoms. The molecule has 2 N–H and O–H groups in total. The van der Waals surface area contributed by atoms with E-state index >= 15 is 0 Å². The van der Waals surface area contributed by atoms with Crippen LogP contribution in [0.15, 0.2) is 24.5 Å². The summed E-state index contributed by atoms with van der Waals surface area (Å²) in [4.78, 5) is 4.32. The number of H-pyrrole nitrogens is 1. The number of hydrogen-bond donors (Lipinski definition) is 2. The summed E-state index contributed by atoms with van der Waals surface area (Å²) in [6.45, 7) is 5.69. The van der Waals surface area contributed by atoms with Gasteiger partial charge < -0.3 is 10.1 Å². The summed E-state index contributed by atoms with van der Waals surface area (Å²) in [7, 11) is 1.91. The lowest BCUT2D eigenvalue weighted by molar-refractivity contribution is 0.261. The summed E-state index contributed by atoms with van der Waals surface area (Å²) in [6, 6.07) is 3.89. The monoisotopic (exact) mass is 260 g/mol. The SMILES string of the molecule is CNCc1cn[nH]c1-c1ccc(OCC(C)C)nc1. The first-order chi connectivity index (χ1) is 9.20. The second-order valence-electron chi connectivity index (χ2n) is 4.89. The lowest BCUT2D eigenvalue weighted by atomic mass is 10.1. The molecule has 0 aliphatic rings. The van der Waals surface area contributed by atoms with Crippen LogP contribution in [0.5, 0.6) is 5.88 Å². The van der Waals surface area contributed by atoms with Crippen molar-refractivity contribution in [1.82, 2.24) is 20.5 Å². The number of aromatic nitrogens is 3. The van der Waals surface area contributed by atoms with Gasteiger partial charge in [-0.15, -0.1) is 0 Å². The highest BCUT2D eigenvalue weighted by Crippen LogP contribution is 2.21. The smallest absolute Gasteiger partial charge is 0.213 e. The zero-order valence-corrected chi connectivity index (χ0v) is 11.6. The van der Waals surface area contributed by atoms with Crippen LogP contribution in [-0.4, -0.2) is 28.8 Å². The van der Waals surface area contributed by atoms with E-state index in [1.165, 1.54) is 0 Å². The van der Waals surface area contributed by atoms with Crippen LogP contribution in [0.1, 0.15) is 19.4 Å². The minimum absolute atomic E-state index is 0.497. The summed E-state index contributed by atoms with van der Waals surface area (Å²) in [6.07, 6.45) is 3.64. The van der Waals surface area contributed by atoms with Crippen LogP contribution < -0.4 is 10.1 Å². The average molecular weight is 260 g/mol. The highest BCUT2D eigenvalue weighted by molar-refractivity contribution is 5.61. The third-order valence-electron chi connectivity index (χ3n) is 2.67. The van der Waals surface area contributed by atoms with Gasteiger partial charge in [0.1, 0.15) is 0 Å². The summed E-state index contributed by atoms with van der Waals surface area (Å²) >= 11 is 0. The number of aromatic amines is 1. The summed E-state index contributed by atoms with van der Waals surface area (Å²) in [5, 5.41) is 10.2. The minimum atomic E-state index is 0.497. The fourth-order valence-electron chi connectivity index (χ4n) is 1.75. The third kappa shape index (κ3) is 3.54. The van der Waals surface area contributed by atoms with Gasteiger partial charge in [0, 0.05) is 29.9 Å². The fourth-order valence-corrected chi connectivity index (χ4v) is 1.75. The minimum Gasteiger partial charge on any atom is -0.477 e. The maximum atomic E-state index is 5.57. The van der Waals surface area contributed by atoms with Gasteiger partial charge in [-0.3, -0.25) is 5.10 Å². The maximum Gasteiger partial charge on any atom is 0.213 e. The third-order valence-corrected chi connectivity index (χ3v) is 2.67. The van der Waals surface area contributed by atoms with Crippen LogP contribution in [0.4, 0.5) is 0 Å². The standard InChI is InChI=1S/C14H20N4O/c1-10(2)9-19-13-5-4-11(7-16-13)14-12(6-15-3)8-17-18-14/h4-5,7-8,10,15H,6,9H2,1-3H3,(H,17,18). The van der Waals surface area contributed by atoms with Gasteiger partial charge in [-0.1, -0.05) is 13.8 Å². The Kier molecular flexibility index (Phi) is 4.52. The van der Waals surface area contributed by atoms with E-state index in [-0.39, 0.29) is 0 Å². The van der Waals surface area contributed by atoms with Crippen molar-refractivity contribution in [1.29, 1.82) is 0 Å². The molecule has 0 aromatic carbocycles. The summed E-state index contributed by atoms with van der Waals surface area (Å²) in [5.41, 5.74) is 3.14. The lowest BCUT2D eigenvalue weighted by Crippen LogP contribution is -2.06.